The highest BCUT2D eigenvalue weighted by Crippen LogP contribution is 2.46. The normalized spacial score (nSPS) is 15.3. The molecule has 0 aromatic heterocycles. The average Bonchev–Trinajstić information content (AvgIpc) is 3.38. The summed E-state index contributed by atoms with van der Waals surface area (Å²) >= 11 is 0. The number of rotatable bonds is 17. The van der Waals surface area contributed by atoms with E-state index in [1.54, 1.807) is 12.2 Å². The molecule has 8 rings (SSSR count). The maximum Gasteiger partial charge on any atom is 0.251 e. The van der Waals surface area contributed by atoms with Crippen LogP contribution in [0.2, 0.25) is 0 Å². The smallest absolute Gasteiger partial charge is 0.251 e. The number of hydrogen-bond donors (Lipinski definition) is 0. The highest BCUT2D eigenvalue weighted by Gasteiger charge is 2.33. The van der Waals surface area contributed by atoms with Crippen LogP contribution in [0.4, 0.5) is 0 Å². The molecule has 3 nitrogen and oxygen atoms in total. The van der Waals surface area contributed by atoms with Crippen LogP contribution in [0.25, 0.3) is 66.5 Å². The van der Waals surface area contributed by atoms with Gasteiger partial charge in [0.2, 0.25) is 0 Å². The molecule has 0 bridgehead atoms. The highest BCUT2D eigenvalue weighted by atomic mass is 16.2. The van der Waals surface area contributed by atoms with Gasteiger partial charge in [0.15, 0.2) is 5.78 Å². The van der Waals surface area contributed by atoms with Crippen molar-refractivity contribution in [3.05, 3.63) is 131 Å². The molecule has 0 saturated heterocycles. The average molecular weight is 752 g/mol. The molecule has 1 aliphatic carbocycles. The van der Waals surface area contributed by atoms with E-state index in [1.165, 1.54) is 83.5 Å². The van der Waals surface area contributed by atoms with Crippen LogP contribution in [0.15, 0.2) is 109 Å². The Hall–Kier alpha value is -5.28. The van der Waals surface area contributed by atoms with Gasteiger partial charge in [0.1, 0.15) is 0 Å². The third kappa shape index (κ3) is 8.26. The lowest BCUT2D eigenvalue weighted by Crippen LogP contribution is -2.30. The van der Waals surface area contributed by atoms with E-state index in [-0.39, 0.29) is 11.7 Å². The van der Waals surface area contributed by atoms with Gasteiger partial charge in [-0.2, -0.15) is 0 Å². The Labute approximate surface area is 339 Å². The first-order chi connectivity index (χ1) is 28.1. The maximum atomic E-state index is 14.7. The molecule has 57 heavy (non-hydrogen) atoms. The molecule has 0 radical (unpaired) electrons. The van der Waals surface area contributed by atoms with E-state index >= 15 is 0 Å². The number of carbonyl (C=O) groups excluding carboxylic acids is 2. The zero-order valence-corrected chi connectivity index (χ0v) is 33.8. The standard InChI is InChI=1S/C54H57NO2/c1-2-3-4-5-6-7-8-9-10-11-12-13-14-15-16-21-38-55-48(57)37-35-44-33-31-42-29-27-40-23-18-20-25-46(40)50(42)52(44)54(55)53-47(56)36-34-43-32-30-41-28-26-39-22-17-19-24-45(39)49(41)51(43)53/h17-20,22-37H,2-16,21,38H2,1H3/b54-53-. The molecule has 1 aliphatic heterocycles. The Balaban J connectivity index is 1.11. The van der Waals surface area contributed by atoms with Gasteiger partial charge >= 0.3 is 0 Å². The fraction of sp³-hybridized carbons (Fsp3) is 0.333. The van der Waals surface area contributed by atoms with E-state index in [0.717, 1.165) is 90.3 Å². The van der Waals surface area contributed by atoms with Crippen LogP contribution in [0.5, 0.6) is 0 Å². The molecule has 1 amide bonds. The van der Waals surface area contributed by atoms with E-state index in [9.17, 15) is 9.59 Å². The van der Waals surface area contributed by atoms with Crippen LogP contribution in [-0.2, 0) is 9.59 Å². The van der Waals surface area contributed by atoms with Gasteiger partial charge < -0.3 is 4.90 Å². The second kappa shape index (κ2) is 18.3. The lowest BCUT2D eigenvalue weighted by atomic mass is 9.81. The van der Waals surface area contributed by atoms with Crippen molar-refractivity contribution >= 4 is 78.2 Å². The van der Waals surface area contributed by atoms with Gasteiger partial charge in [0.05, 0.1) is 11.3 Å². The van der Waals surface area contributed by atoms with Gasteiger partial charge in [-0.05, 0) is 72.8 Å². The van der Waals surface area contributed by atoms with Crippen molar-refractivity contribution in [1.82, 2.24) is 4.90 Å². The highest BCUT2D eigenvalue weighted by molar-refractivity contribution is 6.40. The Kier molecular flexibility index (Phi) is 12.4. The Morgan fingerprint density at radius 1 is 0.421 bits per heavy atom. The summed E-state index contributed by atoms with van der Waals surface area (Å²) in [5, 5.41) is 8.82. The first kappa shape index (κ1) is 38.6. The molecule has 1 heterocycles. The SMILES string of the molecule is CCCCCCCCCCCCCCCCCCN1C(=O)C=Cc2ccc3ccc4ccccc4c3c2/C1=C1\C(=O)C=Cc2ccc3ccc4ccccc4c3c21. The third-order valence-corrected chi connectivity index (χ3v) is 12.4. The minimum atomic E-state index is -0.0722. The minimum absolute atomic E-state index is 0.0622. The number of benzene rings is 6. The molecule has 0 atom stereocenters. The molecule has 6 aromatic carbocycles. The number of fused-ring (bicyclic) bond motifs is 10. The summed E-state index contributed by atoms with van der Waals surface area (Å²) in [6.07, 6.45) is 28.1. The molecule has 0 unspecified atom stereocenters. The van der Waals surface area contributed by atoms with Crippen LogP contribution in [-0.4, -0.2) is 23.1 Å². The molecule has 2 aliphatic rings. The number of unbranched alkanes of at least 4 members (excludes halogenated alkanes) is 15. The van der Waals surface area contributed by atoms with Gasteiger partial charge in [-0.25, -0.2) is 0 Å². The molecular formula is C54H57NO2. The molecule has 290 valence electrons. The maximum absolute atomic E-state index is 14.7. The van der Waals surface area contributed by atoms with Gasteiger partial charge in [-0.1, -0.05) is 206 Å². The molecule has 0 N–H and O–H groups in total. The number of carbonyl (C=O) groups is 2. The molecule has 0 spiro atoms. The summed E-state index contributed by atoms with van der Waals surface area (Å²) in [4.78, 5) is 31.2. The predicted molar refractivity (Wildman–Crippen MR) is 244 cm³/mol. The first-order valence-corrected chi connectivity index (χ1v) is 22.0. The largest absolute Gasteiger partial charge is 0.307 e. The van der Waals surface area contributed by atoms with Crippen molar-refractivity contribution in [1.29, 1.82) is 0 Å². The molecule has 0 fully saturated rings. The predicted octanol–water partition coefficient (Wildman–Crippen LogP) is 14.9. The van der Waals surface area contributed by atoms with E-state index in [0.29, 0.717) is 12.1 Å². The van der Waals surface area contributed by atoms with Crippen molar-refractivity contribution in [2.24, 2.45) is 0 Å². The molecule has 3 heteroatoms. The van der Waals surface area contributed by atoms with E-state index in [1.807, 2.05) is 17.1 Å². The Bertz CT molecular complexity index is 2520. The summed E-state index contributed by atoms with van der Waals surface area (Å²) in [7, 11) is 0. The van der Waals surface area contributed by atoms with Crippen molar-refractivity contribution in [3.63, 3.8) is 0 Å². The van der Waals surface area contributed by atoms with Crippen molar-refractivity contribution in [2.45, 2.75) is 110 Å². The quantitative estimate of drug-likeness (QED) is 0.0529. The number of nitrogens with zero attached hydrogens (tertiary/aromatic N) is 1. The van der Waals surface area contributed by atoms with Crippen molar-refractivity contribution in [2.75, 3.05) is 6.54 Å². The van der Waals surface area contributed by atoms with Crippen LogP contribution >= 0.6 is 0 Å². The minimum Gasteiger partial charge on any atom is -0.307 e. The Morgan fingerprint density at radius 3 is 1.42 bits per heavy atom. The lowest BCUT2D eigenvalue weighted by molar-refractivity contribution is -0.122. The fourth-order valence-corrected chi connectivity index (χ4v) is 9.43. The Morgan fingerprint density at radius 2 is 0.860 bits per heavy atom. The zero-order chi connectivity index (χ0) is 39.0. The summed E-state index contributed by atoms with van der Waals surface area (Å²) in [5.41, 5.74) is 5.19. The summed E-state index contributed by atoms with van der Waals surface area (Å²) < 4.78 is 0. The molecular weight excluding hydrogens is 695 g/mol. The number of hydrogen-bond acceptors (Lipinski definition) is 2. The number of allylic oxidation sites excluding steroid dienone is 2. The number of amides is 1. The first-order valence-electron chi connectivity index (χ1n) is 22.0. The van der Waals surface area contributed by atoms with E-state index in [2.05, 4.69) is 104 Å². The third-order valence-electron chi connectivity index (χ3n) is 12.4. The lowest BCUT2D eigenvalue weighted by Gasteiger charge is -2.30. The summed E-state index contributed by atoms with van der Waals surface area (Å²) in [6.45, 7) is 2.84. The van der Waals surface area contributed by atoms with Crippen LogP contribution < -0.4 is 0 Å². The zero-order valence-electron chi connectivity index (χ0n) is 33.8. The van der Waals surface area contributed by atoms with Crippen LogP contribution in [0.3, 0.4) is 0 Å². The summed E-state index contributed by atoms with van der Waals surface area (Å²) in [6, 6.07) is 34.2. The van der Waals surface area contributed by atoms with Crippen molar-refractivity contribution < 1.29 is 9.59 Å². The second-order valence-electron chi connectivity index (χ2n) is 16.4. The monoisotopic (exact) mass is 751 g/mol. The van der Waals surface area contributed by atoms with E-state index < -0.39 is 0 Å². The van der Waals surface area contributed by atoms with Crippen LogP contribution in [0.1, 0.15) is 132 Å². The van der Waals surface area contributed by atoms with Gasteiger partial charge in [0.25, 0.3) is 5.91 Å². The molecule has 0 saturated carbocycles. The van der Waals surface area contributed by atoms with Gasteiger partial charge in [-0.15, -0.1) is 0 Å². The second-order valence-corrected chi connectivity index (χ2v) is 16.4. The topological polar surface area (TPSA) is 37.4 Å². The summed E-state index contributed by atoms with van der Waals surface area (Å²) in [5.74, 6) is -0.134. The molecule has 6 aromatic rings. The van der Waals surface area contributed by atoms with E-state index in [4.69, 9.17) is 0 Å². The van der Waals surface area contributed by atoms with Gasteiger partial charge in [-0.3, -0.25) is 9.59 Å². The van der Waals surface area contributed by atoms with Crippen molar-refractivity contribution in [3.8, 4) is 0 Å². The fourth-order valence-electron chi connectivity index (χ4n) is 9.43. The number of ketones is 1. The van der Waals surface area contributed by atoms with Crippen LogP contribution in [0, 0.1) is 0 Å². The van der Waals surface area contributed by atoms with Gasteiger partial charge in [0, 0.05) is 23.7 Å².